The number of likely N-dealkylation sites (tertiary alicyclic amines) is 1. The predicted molar refractivity (Wildman–Crippen MR) is 145 cm³/mol. The Labute approximate surface area is 214 Å². The fraction of sp³-hybridized carbons (Fsp3) is 0.406. The van der Waals surface area contributed by atoms with E-state index in [4.69, 9.17) is 0 Å². The highest BCUT2D eigenvalue weighted by Gasteiger charge is 2.43. The molecule has 6 rings (SSSR count). The van der Waals surface area contributed by atoms with Gasteiger partial charge in [0.25, 0.3) is 0 Å². The quantitative estimate of drug-likeness (QED) is 0.473. The second-order valence-corrected chi connectivity index (χ2v) is 11.2. The van der Waals surface area contributed by atoms with Crippen LogP contribution in [0.4, 0.5) is 5.69 Å². The van der Waals surface area contributed by atoms with Gasteiger partial charge in [0, 0.05) is 30.1 Å². The zero-order valence-electron chi connectivity index (χ0n) is 21.0. The van der Waals surface area contributed by atoms with Gasteiger partial charge < -0.3 is 14.8 Å². The summed E-state index contributed by atoms with van der Waals surface area (Å²) >= 11 is 0. The Bertz CT molecular complexity index is 1200. The van der Waals surface area contributed by atoms with E-state index in [9.17, 15) is 9.90 Å². The Hall–Kier alpha value is -3.11. The van der Waals surface area contributed by atoms with Gasteiger partial charge in [0.15, 0.2) is 0 Å². The van der Waals surface area contributed by atoms with E-state index in [1.165, 1.54) is 47.2 Å². The van der Waals surface area contributed by atoms with E-state index in [0.29, 0.717) is 29.5 Å². The Morgan fingerprint density at radius 1 is 0.917 bits per heavy atom. The summed E-state index contributed by atoms with van der Waals surface area (Å²) in [5.74, 6) is 1.08. The van der Waals surface area contributed by atoms with Crippen molar-refractivity contribution in [2.24, 2.45) is 5.41 Å². The normalized spacial score (nSPS) is 23.5. The van der Waals surface area contributed by atoms with Crippen LogP contribution in [0.1, 0.15) is 59.8 Å². The maximum Gasteiger partial charge on any atom is 0.133 e. The minimum atomic E-state index is 0.291. The molecule has 0 bridgehead atoms. The number of phenols is 1. The largest absolute Gasteiger partial charge is 0.508 e. The van der Waals surface area contributed by atoms with Crippen LogP contribution in [-0.4, -0.2) is 49.0 Å². The first-order valence-corrected chi connectivity index (χ1v) is 13.5. The van der Waals surface area contributed by atoms with Crippen LogP contribution in [0.15, 0.2) is 72.8 Å². The van der Waals surface area contributed by atoms with E-state index in [0.717, 1.165) is 45.3 Å². The average Bonchev–Trinajstić information content (AvgIpc) is 3.11. The van der Waals surface area contributed by atoms with Crippen molar-refractivity contribution in [1.29, 1.82) is 0 Å². The number of aryl methyl sites for hydroxylation is 1. The maximum atomic E-state index is 10.9. The zero-order valence-corrected chi connectivity index (χ0v) is 21.0. The number of aldehydes is 1. The number of rotatable bonds is 5. The molecule has 0 radical (unpaired) electrons. The molecule has 2 atom stereocenters. The van der Waals surface area contributed by atoms with Crippen molar-refractivity contribution >= 4 is 12.0 Å². The number of hydrogen-bond donors (Lipinski definition) is 1. The lowest BCUT2D eigenvalue weighted by atomic mass is 9.69. The highest BCUT2D eigenvalue weighted by atomic mass is 16.3. The fourth-order valence-corrected chi connectivity index (χ4v) is 7.03. The van der Waals surface area contributed by atoms with Gasteiger partial charge in [-0.3, -0.25) is 4.90 Å². The summed E-state index contributed by atoms with van der Waals surface area (Å²) in [6.45, 7) is 4.93. The summed E-state index contributed by atoms with van der Waals surface area (Å²) in [6, 6.07) is 26.1. The van der Waals surface area contributed by atoms with E-state index in [1.807, 2.05) is 12.1 Å². The summed E-state index contributed by atoms with van der Waals surface area (Å²) < 4.78 is 0. The first-order chi connectivity index (χ1) is 17.6. The molecule has 2 saturated heterocycles. The molecule has 2 unspecified atom stereocenters. The van der Waals surface area contributed by atoms with Gasteiger partial charge >= 0.3 is 0 Å². The second kappa shape index (κ2) is 9.74. The molecule has 2 fully saturated rings. The first kappa shape index (κ1) is 23.3. The van der Waals surface area contributed by atoms with Gasteiger partial charge in [0.1, 0.15) is 12.0 Å². The third kappa shape index (κ3) is 4.43. The van der Waals surface area contributed by atoms with Crippen molar-refractivity contribution < 1.29 is 9.90 Å². The topological polar surface area (TPSA) is 43.8 Å². The number of benzene rings is 3. The lowest BCUT2D eigenvalue weighted by Crippen LogP contribution is -2.56. The van der Waals surface area contributed by atoms with Gasteiger partial charge in [0.2, 0.25) is 0 Å². The third-order valence-electron chi connectivity index (χ3n) is 8.96. The van der Waals surface area contributed by atoms with Crippen LogP contribution in [0.5, 0.6) is 5.75 Å². The van der Waals surface area contributed by atoms with Gasteiger partial charge in [0.05, 0.1) is 6.54 Å². The molecule has 3 aliphatic rings. The van der Waals surface area contributed by atoms with Crippen molar-refractivity contribution in [2.75, 3.05) is 37.6 Å². The van der Waals surface area contributed by atoms with E-state index < -0.39 is 0 Å². The molecule has 4 nitrogen and oxygen atoms in total. The van der Waals surface area contributed by atoms with Crippen molar-refractivity contribution in [3.05, 3.63) is 95.1 Å². The first-order valence-electron chi connectivity index (χ1n) is 13.5. The number of phenolic OH excluding ortho intramolecular Hbond substituents is 1. The lowest BCUT2D eigenvalue weighted by Gasteiger charge is -2.51. The van der Waals surface area contributed by atoms with Gasteiger partial charge in [-0.25, -0.2) is 0 Å². The van der Waals surface area contributed by atoms with Crippen molar-refractivity contribution in [3.63, 3.8) is 0 Å². The van der Waals surface area contributed by atoms with E-state index in [1.54, 1.807) is 0 Å². The zero-order chi connectivity index (χ0) is 24.5. The number of carbonyl (C=O) groups is 1. The van der Waals surface area contributed by atoms with Crippen molar-refractivity contribution in [1.82, 2.24) is 4.90 Å². The number of aromatic hydroxyl groups is 1. The van der Waals surface area contributed by atoms with Gasteiger partial charge in [-0.1, -0.05) is 48.5 Å². The number of nitrogens with zero attached hydrogens (tertiary/aromatic N) is 2. The van der Waals surface area contributed by atoms with E-state index >= 15 is 0 Å². The molecule has 1 spiro atoms. The predicted octanol–water partition coefficient (Wildman–Crippen LogP) is 5.75. The number of hydrogen-bond acceptors (Lipinski definition) is 4. The summed E-state index contributed by atoms with van der Waals surface area (Å²) in [5.41, 5.74) is 7.11. The molecule has 0 amide bonds. The van der Waals surface area contributed by atoms with Crippen LogP contribution in [0.3, 0.4) is 0 Å². The van der Waals surface area contributed by atoms with Crippen LogP contribution in [0.25, 0.3) is 0 Å². The monoisotopic (exact) mass is 480 g/mol. The summed E-state index contributed by atoms with van der Waals surface area (Å²) in [4.78, 5) is 15.8. The Morgan fingerprint density at radius 3 is 2.50 bits per heavy atom. The van der Waals surface area contributed by atoms with Crippen LogP contribution in [-0.2, 0) is 11.2 Å². The molecule has 3 aromatic carbocycles. The number of carbonyl (C=O) groups excluding carboxylic acids is 1. The summed E-state index contributed by atoms with van der Waals surface area (Å²) in [5, 5.41) is 10.1. The van der Waals surface area contributed by atoms with Crippen molar-refractivity contribution in [2.45, 2.75) is 43.9 Å². The highest BCUT2D eigenvalue weighted by molar-refractivity contribution is 5.54. The minimum Gasteiger partial charge on any atom is -0.508 e. The SMILES string of the molecule is O=CCN1CCCC2(CC1)CN(c1ccc(C3c4ccc(O)cc4CCC3c3ccccc3)cc1)C2. The maximum absolute atomic E-state index is 10.9. The minimum absolute atomic E-state index is 0.291. The van der Waals surface area contributed by atoms with Gasteiger partial charge in [-0.2, -0.15) is 0 Å². The molecule has 2 aliphatic heterocycles. The van der Waals surface area contributed by atoms with Gasteiger partial charge in [-0.15, -0.1) is 0 Å². The summed E-state index contributed by atoms with van der Waals surface area (Å²) in [6.07, 6.45) is 6.78. The molecular formula is C32H36N2O2. The van der Waals surface area contributed by atoms with Crippen LogP contribution < -0.4 is 4.90 Å². The summed E-state index contributed by atoms with van der Waals surface area (Å²) in [7, 11) is 0. The number of anilines is 1. The standard InChI is InChI=1S/C32H36N2O2/c35-20-19-33-17-4-15-32(16-18-33)22-34(23-32)27-10-7-25(8-11-27)31-29(24-5-2-1-3-6-24)13-9-26-21-28(36)12-14-30(26)31/h1-3,5-8,10-12,14,20-21,29,31,36H,4,9,13,15-19,22-23H2. The molecule has 4 heteroatoms. The number of fused-ring (bicyclic) bond motifs is 1. The Kier molecular flexibility index (Phi) is 6.30. The molecule has 36 heavy (non-hydrogen) atoms. The third-order valence-corrected chi connectivity index (χ3v) is 8.96. The van der Waals surface area contributed by atoms with Gasteiger partial charge in [-0.05, 0) is 97.6 Å². The molecular weight excluding hydrogens is 444 g/mol. The van der Waals surface area contributed by atoms with Crippen molar-refractivity contribution in [3.8, 4) is 5.75 Å². The Morgan fingerprint density at radius 2 is 1.72 bits per heavy atom. The molecule has 3 aromatic rings. The highest BCUT2D eigenvalue weighted by Crippen LogP contribution is 2.48. The van der Waals surface area contributed by atoms with Crippen LogP contribution >= 0.6 is 0 Å². The molecule has 0 saturated carbocycles. The second-order valence-electron chi connectivity index (χ2n) is 11.2. The molecule has 1 aliphatic carbocycles. The van der Waals surface area contributed by atoms with Crippen LogP contribution in [0.2, 0.25) is 0 Å². The van der Waals surface area contributed by atoms with E-state index in [2.05, 4.69) is 70.5 Å². The van der Waals surface area contributed by atoms with E-state index in [-0.39, 0.29) is 0 Å². The molecule has 186 valence electrons. The Balaban J connectivity index is 1.22. The smallest absolute Gasteiger partial charge is 0.133 e. The molecule has 0 aromatic heterocycles. The lowest BCUT2D eigenvalue weighted by molar-refractivity contribution is -0.108. The molecule has 2 heterocycles. The fourth-order valence-electron chi connectivity index (χ4n) is 7.03. The molecule has 1 N–H and O–H groups in total. The van der Waals surface area contributed by atoms with Crippen LogP contribution in [0, 0.1) is 5.41 Å². The average molecular weight is 481 g/mol.